The van der Waals surface area contributed by atoms with Crippen LogP contribution in [-0.2, 0) is 12.8 Å². The number of pyridine rings is 2. The van der Waals surface area contributed by atoms with Gasteiger partial charge in [0.1, 0.15) is 0 Å². The highest BCUT2D eigenvalue weighted by Crippen LogP contribution is 2.12. The molecule has 0 bridgehead atoms. The van der Waals surface area contributed by atoms with E-state index in [2.05, 4.69) is 25.9 Å². The second kappa shape index (κ2) is 5.89. The summed E-state index contributed by atoms with van der Waals surface area (Å²) in [6.07, 6.45) is 7.84. The number of aliphatic hydroxyl groups excluding tert-OH is 1. The number of nitrogens with zero attached hydrogens (tertiary/aromatic N) is 2. The van der Waals surface area contributed by atoms with Crippen molar-refractivity contribution in [2.75, 3.05) is 0 Å². The summed E-state index contributed by atoms with van der Waals surface area (Å²) in [6.45, 7) is 0. The largest absolute Gasteiger partial charge is 0.392 e. The van der Waals surface area contributed by atoms with E-state index in [0.717, 1.165) is 15.6 Å². The Morgan fingerprint density at radius 2 is 1.76 bits per heavy atom. The first kappa shape index (κ1) is 12.2. The van der Waals surface area contributed by atoms with E-state index in [9.17, 15) is 5.11 Å². The average molecular weight is 293 g/mol. The van der Waals surface area contributed by atoms with Gasteiger partial charge in [0.25, 0.3) is 0 Å². The van der Waals surface area contributed by atoms with Gasteiger partial charge in [0.05, 0.1) is 6.10 Å². The number of halogens is 1. The number of aromatic nitrogens is 2. The third-order valence-corrected chi connectivity index (χ3v) is 2.89. The van der Waals surface area contributed by atoms with E-state index in [1.165, 1.54) is 0 Å². The predicted octanol–water partition coefficient (Wildman–Crippen LogP) is 2.39. The molecule has 1 N–H and O–H groups in total. The summed E-state index contributed by atoms with van der Waals surface area (Å²) < 4.78 is 0.936. The van der Waals surface area contributed by atoms with Gasteiger partial charge in [-0.1, -0.05) is 0 Å². The van der Waals surface area contributed by atoms with Crippen molar-refractivity contribution in [2.24, 2.45) is 0 Å². The molecule has 0 aliphatic heterocycles. The van der Waals surface area contributed by atoms with E-state index in [0.29, 0.717) is 12.8 Å². The fourth-order valence-corrected chi connectivity index (χ4v) is 2.11. The maximum absolute atomic E-state index is 9.98. The van der Waals surface area contributed by atoms with E-state index in [1.807, 2.05) is 18.2 Å². The lowest BCUT2D eigenvalue weighted by Crippen LogP contribution is -2.14. The van der Waals surface area contributed by atoms with Crippen LogP contribution in [0.25, 0.3) is 0 Å². The van der Waals surface area contributed by atoms with Crippen molar-refractivity contribution in [3.63, 3.8) is 0 Å². The van der Waals surface area contributed by atoms with Crippen molar-refractivity contribution in [2.45, 2.75) is 18.9 Å². The Balaban J connectivity index is 1.96. The molecule has 0 aliphatic rings. The minimum absolute atomic E-state index is 0.395. The fourth-order valence-electron chi connectivity index (χ4n) is 1.70. The summed E-state index contributed by atoms with van der Waals surface area (Å²) in [5.41, 5.74) is 2.12. The van der Waals surface area contributed by atoms with Crippen LogP contribution in [0.4, 0.5) is 0 Å². The Bertz CT molecular complexity index is 476. The maximum atomic E-state index is 9.98. The molecular weight excluding hydrogens is 280 g/mol. The van der Waals surface area contributed by atoms with Crippen LogP contribution in [0.15, 0.2) is 47.5 Å². The van der Waals surface area contributed by atoms with Crippen LogP contribution in [0.3, 0.4) is 0 Å². The molecule has 4 heteroatoms. The molecule has 2 aromatic rings. The molecule has 0 radical (unpaired) electrons. The van der Waals surface area contributed by atoms with E-state index in [-0.39, 0.29) is 0 Å². The standard InChI is InChI=1S/C13H13BrN2O/c14-12-5-11(8-16-9-12)7-13(17)6-10-1-3-15-4-2-10/h1-5,8-9,13,17H,6-7H2. The van der Waals surface area contributed by atoms with Crippen LogP contribution in [0.2, 0.25) is 0 Å². The Labute approximate surface area is 109 Å². The molecule has 0 spiro atoms. The number of hydrogen-bond donors (Lipinski definition) is 1. The number of aliphatic hydroxyl groups is 1. The van der Waals surface area contributed by atoms with Crippen LogP contribution < -0.4 is 0 Å². The quantitative estimate of drug-likeness (QED) is 0.941. The molecule has 2 aromatic heterocycles. The topological polar surface area (TPSA) is 46.0 Å². The van der Waals surface area contributed by atoms with Gasteiger partial charge in [-0.3, -0.25) is 9.97 Å². The lowest BCUT2D eigenvalue weighted by molar-refractivity contribution is 0.175. The van der Waals surface area contributed by atoms with Gasteiger partial charge in [0.15, 0.2) is 0 Å². The fraction of sp³-hybridized carbons (Fsp3) is 0.231. The lowest BCUT2D eigenvalue weighted by Gasteiger charge is -2.10. The molecule has 2 rings (SSSR count). The molecule has 1 atom stereocenters. The molecular formula is C13H13BrN2O. The monoisotopic (exact) mass is 292 g/mol. The highest BCUT2D eigenvalue weighted by molar-refractivity contribution is 9.10. The molecule has 88 valence electrons. The van der Waals surface area contributed by atoms with Crippen molar-refractivity contribution >= 4 is 15.9 Å². The van der Waals surface area contributed by atoms with Gasteiger partial charge in [0, 0.05) is 35.7 Å². The molecule has 2 heterocycles. The second-order valence-electron chi connectivity index (χ2n) is 3.93. The van der Waals surface area contributed by atoms with Gasteiger partial charge in [-0.25, -0.2) is 0 Å². The minimum Gasteiger partial charge on any atom is -0.392 e. The summed E-state index contributed by atoms with van der Waals surface area (Å²) in [7, 11) is 0. The Morgan fingerprint density at radius 1 is 1.06 bits per heavy atom. The number of hydrogen-bond acceptors (Lipinski definition) is 3. The van der Waals surface area contributed by atoms with Crippen molar-refractivity contribution in [3.8, 4) is 0 Å². The summed E-state index contributed by atoms with van der Waals surface area (Å²) in [6, 6.07) is 5.81. The second-order valence-corrected chi connectivity index (χ2v) is 4.84. The molecule has 0 saturated heterocycles. The van der Waals surface area contributed by atoms with Crippen molar-refractivity contribution < 1.29 is 5.11 Å². The van der Waals surface area contributed by atoms with E-state index in [4.69, 9.17) is 0 Å². The van der Waals surface area contributed by atoms with Crippen molar-refractivity contribution in [1.82, 2.24) is 9.97 Å². The SMILES string of the molecule is OC(Cc1ccncc1)Cc1cncc(Br)c1. The first-order chi connectivity index (χ1) is 8.24. The van der Waals surface area contributed by atoms with Crippen LogP contribution in [0.1, 0.15) is 11.1 Å². The molecule has 0 aliphatic carbocycles. The summed E-state index contributed by atoms with van der Waals surface area (Å²) in [5, 5.41) is 9.98. The third-order valence-electron chi connectivity index (χ3n) is 2.45. The summed E-state index contributed by atoms with van der Waals surface area (Å²) >= 11 is 3.37. The predicted molar refractivity (Wildman–Crippen MR) is 69.6 cm³/mol. The zero-order valence-electron chi connectivity index (χ0n) is 9.25. The Hall–Kier alpha value is -1.26. The third kappa shape index (κ3) is 3.91. The summed E-state index contributed by atoms with van der Waals surface area (Å²) in [5.74, 6) is 0. The van der Waals surface area contributed by atoms with E-state index < -0.39 is 6.10 Å². The van der Waals surface area contributed by atoms with Gasteiger partial charge in [0.2, 0.25) is 0 Å². The van der Waals surface area contributed by atoms with Crippen LogP contribution in [-0.4, -0.2) is 21.2 Å². The molecule has 0 amide bonds. The Morgan fingerprint density at radius 3 is 2.47 bits per heavy atom. The smallest absolute Gasteiger partial charge is 0.0621 e. The molecule has 1 unspecified atom stereocenters. The minimum atomic E-state index is -0.395. The molecule has 0 aromatic carbocycles. The summed E-state index contributed by atoms with van der Waals surface area (Å²) in [4.78, 5) is 8.03. The zero-order chi connectivity index (χ0) is 12.1. The zero-order valence-corrected chi connectivity index (χ0v) is 10.8. The van der Waals surface area contributed by atoms with Gasteiger partial charge in [-0.15, -0.1) is 0 Å². The van der Waals surface area contributed by atoms with Gasteiger partial charge in [-0.05, 0) is 51.7 Å². The molecule has 0 saturated carbocycles. The Kier molecular flexibility index (Phi) is 4.23. The molecule has 17 heavy (non-hydrogen) atoms. The highest BCUT2D eigenvalue weighted by atomic mass is 79.9. The van der Waals surface area contributed by atoms with Gasteiger partial charge >= 0.3 is 0 Å². The lowest BCUT2D eigenvalue weighted by atomic mass is 10.0. The van der Waals surface area contributed by atoms with Gasteiger partial charge < -0.3 is 5.11 Å². The normalized spacial score (nSPS) is 12.4. The van der Waals surface area contributed by atoms with E-state index in [1.54, 1.807) is 24.8 Å². The average Bonchev–Trinajstić information content (AvgIpc) is 2.30. The highest BCUT2D eigenvalue weighted by Gasteiger charge is 2.07. The van der Waals surface area contributed by atoms with Crippen LogP contribution in [0, 0.1) is 0 Å². The molecule has 0 fully saturated rings. The van der Waals surface area contributed by atoms with Crippen LogP contribution in [0.5, 0.6) is 0 Å². The van der Waals surface area contributed by atoms with E-state index >= 15 is 0 Å². The van der Waals surface area contributed by atoms with Crippen LogP contribution >= 0.6 is 15.9 Å². The van der Waals surface area contributed by atoms with Crippen molar-refractivity contribution in [1.29, 1.82) is 0 Å². The first-order valence-electron chi connectivity index (χ1n) is 5.40. The molecule has 3 nitrogen and oxygen atoms in total. The first-order valence-corrected chi connectivity index (χ1v) is 6.20. The van der Waals surface area contributed by atoms with Crippen molar-refractivity contribution in [3.05, 3.63) is 58.6 Å². The van der Waals surface area contributed by atoms with Gasteiger partial charge in [-0.2, -0.15) is 0 Å². The maximum Gasteiger partial charge on any atom is 0.0621 e. The number of rotatable bonds is 4.